The molecule has 1 atom stereocenters. The zero-order valence-corrected chi connectivity index (χ0v) is 19.2. The number of thiazole rings is 1. The Bertz CT molecular complexity index is 1160. The number of imidazole rings is 1. The fourth-order valence-corrected chi connectivity index (χ4v) is 3.75. The molecule has 4 aromatic rings. The molecule has 0 aliphatic heterocycles. The summed E-state index contributed by atoms with van der Waals surface area (Å²) in [5.41, 5.74) is 2.48. The highest BCUT2D eigenvalue weighted by Crippen LogP contribution is 2.23. The van der Waals surface area contributed by atoms with E-state index in [1.807, 2.05) is 47.8 Å². The van der Waals surface area contributed by atoms with Crippen molar-refractivity contribution in [3.63, 3.8) is 0 Å². The first-order valence-corrected chi connectivity index (χ1v) is 11.6. The van der Waals surface area contributed by atoms with Gasteiger partial charge in [-0.2, -0.15) is 0 Å². The van der Waals surface area contributed by atoms with Gasteiger partial charge in [0.15, 0.2) is 5.78 Å². The summed E-state index contributed by atoms with van der Waals surface area (Å²) in [5, 5.41) is 5.20. The topological polar surface area (TPSA) is 106 Å². The highest BCUT2D eigenvalue weighted by atomic mass is 32.1. The first kappa shape index (κ1) is 23.3. The normalized spacial score (nSPS) is 11.6. The number of carbonyl (C=O) groups excluding carboxylic acids is 2. The molecular formula is C25H24N4O4S. The predicted octanol–water partition coefficient (Wildman–Crippen LogP) is 3.71. The highest BCUT2D eigenvalue weighted by molar-refractivity contribution is 7.11. The van der Waals surface area contributed by atoms with Crippen molar-refractivity contribution in [3.8, 4) is 10.9 Å². The minimum absolute atomic E-state index is 0.0771. The summed E-state index contributed by atoms with van der Waals surface area (Å²) in [6.07, 6.45) is 5.02. The van der Waals surface area contributed by atoms with Crippen LogP contribution in [0.25, 0.3) is 0 Å². The first-order valence-electron chi connectivity index (χ1n) is 10.7. The number of nitrogens with one attached hydrogen (secondary N) is 2. The standard InChI is InChI=1S/C25H24N4O4S/c30-23(12-18-6-8-21(9-7-18)33-25-27-10-11-34-25)22(16-32-15-19-4-2-1-3-5-19)29-24(31)13-20-14-26-17-28-20/h1-11,14,17,22H,12-13,15-16H2,(H,26,28)(H,29,31)/t22-/m0/s1. The largest absolute Gasteiger partial charge is 0.431 e. The second-order valence-corrected chi connectivity index (χ2v) is 8.42. The zero-order chi connectivity index (χ0) is 23.6. The highest BCUT2D eigenvalue weighted by Gasteiger charge is 2.22. The van der Waals surface area contributed by atoms with E-state index in [1.54, 1.807) is 24.5 Å². The van der Waals surface area contributed by atoms with Crippen molar-refractivity contribution in [1.29, 1.82) is 0 Å². The van der Waals surface area contributed by atoms with Crippen LogP contribution in [0.4, 0.5) is 0 Å². The van der Waals surface area contributed by atoms with Gasteiger partial charge in [-0.25, -0.2) is 9.97 Å². The Morgan fingerprint density at radius 3 is 2.56 bits per heavy atom. The number of Topliss-reactive ketones (excluding diaryl/α,β-unsaturated/α-hetero) is 1. The summed E-state index contributed by atoms with van der Waals surface area (Å²) >= 11 is 1.40. The summed E-state index contributed by atoms with van der Waals surface area (Å²) in [7, 11) is 0. The van der Waals surface area contributed by atoms with E-state index >= 15 is 0 Å². The number of rotatable bonds is 12. The number of ketones is 1. The van der Waals surface area contributed by atoms with Crippen molar-refractivity contribution in [1.82, 2.24) is 20.3 Å². The van der Waals surface area contributed by atoms with Gasteiger partial charge in [-0.05, 0) is 23.3 Å². The average Bonchev–Trinajstić information content (AvgIpc) is 3.55. The van der Waals surface area contributed by atoms with E-state index in [-0.39, 0.29) is 31.1 Å². The Morgan fingerprint density at radius 2 is 1.85 bits per heavy atom. The van der Waals surface area contributed by atoms with E-state index in [2.05, 4.69) is 20.3 Å². The van der Waals surface area contributed by atoms with E-state index < -0.39 is 6.04 Å². The maximum absolute atomic E-state index is 13.1. The molecule has 0 unspecified atom stereocenters. The second kappa shape index (κ2) is 11.9. The molecule has 174 valence electrons. The van der Waals surface area contributed by atoms with Crippen molar-refractivity contribution in [3.05, 3.63) is 95.5 Å². The van der Waals surface area contributed by atoms with Gasteiger partial charge in [0.25, 0.3) is 5.19 Å². The molecule has 34 heavy (non-hydrogen) atoms. The number of ether oxygens (including phenoxy) is 2. The first-order chi connectivity index (χ1) is 16.7. The lowest BCUT2D eigenvalue weighted by Gasteiger charge is -2.18. The molecule has 4 rings (SSSR count). The smallest absolute Gasteiger partial charge is 0.278 e. The zero-order valence-electron chi connectivity index (χ0n) is 18.3. The lowest BCUT2D eigenvalue weighted by atomic mass is 10.0. The van der Waals surface area contributed by atoms with Gasteiger partial charge in [0, 0.05) is 29.9 Å². The third-order valence-electron chi connectivity index (χ3n) is 4.94. The van der Waals surface area contributed by atoms with E-state index in [9.17, 15) is 9.59 Å². The summed E-state index contributed by atoms with van der Waals surface area (Å²) in [4.78, 5) is 36.5. The van der Waals surface area contributed by atoms with Gasteiger partial charge in [0.2, 0.25) is 5.91 Å². The summed E-state index contributed by atoms with van der Waals surface area (Å²) in [6.45, 7) is 0.428. The van der Waals surface area contributed by atoms with Crippen LogP contribution in [0.1, 0.15) is 16.8 Å². The van der Waals surface area contributed by atoms with E-state index in [1.165, 1.54) is 17.7 Å². The number of hydrogen-bond acceptors (Lipinski definition) is 7. The fourth-order valence-electron chi connectivity index (χ4n) is 3.24. The van der Waals surface area contributed by atoms with Crippen molar-refractivity contribution in [2.24, 2.45) is 0 Å². The molecule has 0 saturated heterocycles. The van der Waals surface area contributed by atoms with Crippen LogP contribution in [0.5, 0.6) is 10.9 Å². The predicted molar refractivity (Wildman–Crippen MR) is 128 cm³/mol. The van der Waals surface area contributed by atoms with E-state index in [4.69, 9.17) is 9.47 Å². The minimum atomic E-state index is -0.773. The lowest BCUT2D eigenvalue weighted by Crippen LogP contribution is -2.45. The van der Waals surface area contributed by atoms with Gasteiger partial charge in [-0.1, -0.05) is 53.8 Å². The summed E-state index contributed by atoms with van der Waals surface area (Å²) in [6, 6.07) is 16.1. The number of hydrogen-bond donors (Lipinski definition) is 2. The molecule has 0 fully saturated rings. The average molecular weight is 477 g/mol. The molecule has 0 spiro atoms. The van der Waals surface area contributed by atoms with Gasteiger partial charge >= 0.3 is 0 Å². The molecule has 0 radical (unpaired) electrons. The van der Waals surface area contributed by atoms with Crippen molar-refractivity contribution >= 4 is 23.0 Å². The Morgan fingerprint density at radius 1 is 1.03 bits per heavy atom. The second-order valence-electron chi connectivity index (χ2n) is 7.56. The van der Waals surface area contributed by atoms with Gasteiger partial charge in [0.1, 0.15) is 11.8 Å². The van der Waals surface area contributed by atoms with Crippen molar-refractivity contribution in [2.45, 2.75) is 25.5 Å². The number of nitrogens with zero attached hydrogens (tertiary/aromatic N) is 2. The Labute approximate surface area is 201 Å². The number of aromatic amines is 1. The molecule has 2 heterocycles. The van der Waals surface area contributed by atoms with Gasteiger partial charge < -0.3 is 19.8 Å². The molecule has 2 N–H and O–H groups in total. The third kappa shape index (κ3) is 7.09. The Balaban J connectivity index is 1.36. The van der Waals surface area contributed by atoms with Gasteiger partial charge in [-0.15, -0.1) is 0 Å². The molecule has 0 bridgehead atoms. The number of H-pyrrole nitrogens is 1. The number of carbonyl (C=O) groups is 2. The van der Waals surface area contributed by atoms with Crippen molar-refractivity contribution < 1.29 is 19.1 Å². The number of aromatic nitrogens is 3. The molecule has 0 aliphatic rings. The van der Waals surface area contributed by atoms with Crippen LogP contribution < -0.4 is 10.1 Å². The quantitative estimate of drug-likeness (QED) is 0.323. The molecule has 0 aliphatic carbocycles. The monoisotopic (exact) mass is 476 g/mol. The van der Waals surface area contributed by atoms with Crippen LogP contribution in [0.15, 0.2) is 78.7 Å². The minimum Gasteiger partial charge on any atom is -0.431 e. The van der Waals surface area contributed by atoms with Gasteiger partial charge in [0.05, 0.1) is 26.0 Å². The van der Waals surface area contributed by atoms with Crippen LogP contribution in [0.2, 0.25) is 0 Å². The van der Waals surface area contributed by atoms with Crippen molar-refractivity contribution in [2.75, 3.05) is 6.61 Å². The summed E-state index contributed by atoms with van der Waals surface area (Å²) < 4.78 is 11.4. The third-order valence-corrected chi connectivity index (χ3v) is 5.59. The van der Waals surface area contributed by atoms with E-state index in [0.29, 0.717) is 23.2 Å². The maximum Gasteiger partial charge on any atom is 0.278 e. The molecule has 0 saturated carbocycles. The molecule has 8 nitrogen and oxygen atoms in total. The summed E-state index contributed by atoms with van der Waals surface area (Å²) in [5.74, 6) is 0.222. The Hall–Kier alpha value is -3.82. The maximum atomic E-state index is 13.1. The number of benzene rings is 2. The van der Waals surface area contributed by atoms with Crippen LogP contribution in [0.3, 0.4) is 0 Å². The molecule has 9 heteroatoms. The molecule has 2 aromatic carbocycles. The molecule has 2 aromatic heterocycles. The number of amides is 1. The molecular weight excluding hydrogens is 452 g/mol. The Kier molecular flexibility index (Phi) is 8.15. The van der Waals surface area contributed by atoms with Crippen LogP contribution >= 0.6 is 11.3 Å². The van der Waals surface area contributed by atoms with Gasteiger partial charge in [-0.3, -0.25) is 9.59 Å². The van der Waals surface area contributed by atoms with E-state index in [0.717, 1.165) is 11.1 Å². The lowest BCUT2D eigenvalue weighted by molar-refractivity contribution is -0.128. The molecule has 1 amide bonds. The van der Waals surface area contributed by atoms with Crippen LogP contribution in [-0.2, 0) is 33.8 Å². The van der Waals surface area contributed by atoms with Crippen LogP contribution in [0, 0.1) is 0 Å². The SMILES string of the molecule is O=C(Cc1cnc[nH]1)N[C@@H](COCc1ccccc1)C(=O)Cc1ccc(Oc2nccs2)cc1. The van der Waals surface area contributed by atoms with Crippen LogP contribution in [-0.4, -0.2) is 39.3 Å². The fraction of sp³-hybridized carbons (Fsp3) is 0.200.